The van der Waals surface area contributed by atoms with Crippen molar-refractivity contribution in [1.29, 1.82) is 0 Å². The number of hydrogen-bond acceptors (Lipinski definition) is 3. The molecule has 0 radical (unpaired) electrons. The third kappa shape index (κ3) is 2.73. The summed E-state index contributed by atoms with van der Waals surface area (Å²) < 4.78 is 1.47. The Morgan fingerprint density at radius 3 is 2.80 bits per heavy atom. The number of amides is 1. The van der Waals surface area contributed by atoms with E-state index in [2.05, 4.69) is 22.1 Å². The van der Waals surface area contributed by atoms with Crippen molar-refractivity contribution in [2.24, 2.45) is 0 Å². The topological polar surface area (TPSA) is 71.0 Å². The number of rotatable bonds is 2. The molecule has 0 aliphatic carbocycles. The lowest BCUT2D eigenvalue weighted by Gasteiger charge is -2.29. The fourth-order valence-electron chi connectivity index (χ4n) is 3.47. The van der Waals surface area contributed by atoms with Crippen molar-refractivity contribution in [2.75, 3.05) is 6.54 Å². The summed E-state index contributed by atoms with van der Waals surface area (Å²) in [5.74, 6) is 0.498. The van der Waals surface area contributed by atoms with Gasteiger partial charge in [0.2, 0.25) is 5.91 Å². The number of H-pyrrole nitrogens is 1. The molecule has 0 fully saturated rings. The first-order valence-electron chi connectivity index (χ1n) is 8.44. The van der Waals surface area contributed by atoms with Crippen LogP contribution in [0.5, 0.6) is 0 Å². The monoisotopic (exact) mass is 336 g/mol. The van der Waals surface area contributed by atoms with Crippen molar-refractivity contribution in [3.05, 3.63) is 63.3 Å². The van der Waals surface area contributed by atoms with Crippen LogP contribution >= 0.6 is 0 Å². The number of aromatic amines is 1. The van der Waals surface area contributed by atoms with Crippen molar-refractivity contribution in [3.63, 3.8) is 0 Å². The number of aromatic nitrogens is 3. The zero-order valence-corrected chi connectivity index (χ0v) is 14.4. The second-order valence-electron chi connectivity index (χ2n) is 6.60. The molecular weight excluding hydrogens is 316 g/mol. The first kappa shape index (κ1) is 15.6. The van der Waals surface area contributed by atoms with Crippen LogP contribution < -0.4 is 5.56 Å². The van der Waals surface area contributed by atoms with Crippen LogP contribution in [-0.2, 0) is 24.3 Å². The van der Waals surface area contributed by atoms with Crippen molar-refractivity contribution < 1.29 is 4.79 Å². The number of fused-ring (bicyclic) bond motifs is 2. The van der Waals surface area contributed by atoms with E-state index >= 15 is 0 Å². The lowest BCUT2D eigenvalue weighted by molar-refractivity contribution is -0.132. The van der Waals surface area contributed by atoms with Crippen molar-refractivity contribution in [1.82, 2.24) is 19.4 Å². The standard InChI is InChI=1S/C19H20N4O2/c1-12-9-16-18(20-12)21-13(2)23(19(16)25)11-17(24)22-8-7-14-5-3-4-6-15(14)10-22/h3-6,9,20H,7-8,10-11H2,1-2H3. The summed E-state index contributed by atoms with van der Waals surface area (Å²) in [6.07, 6.45) is 0.851. The number of benzene rings is 1. The molecule has 1 amide bonds. The summed E-state index contributed by atoms with van der Waals surface area (Å²) >= 11 is 0. The van der Waals surface area contributed by atoms with Gasteiger partial charge in [0.15, 0.2) is 0 Å². The molecule has 0 saturated carbocycles. The third-order valence-electron chi connectivity index (χ3n) is 4.85. The summed E-state index contributed by atoms with van der Waals surface area (Å²) in [5, 5.41) is 0.528. The van der Waals surface area contributed by atoms with Crippen molar-refractivity contribution in [3.8, 4) is 0 Å². The zero-order valence-electron chi connectivity index (χ0n) is 14.4. The molecule has 6 nitrogen and oxygen atoms in total. The number of carbonyl (C=O) groups is 1. The summed E-state index contributed by atoms with van der Waals surface area (Å²) in [6.45, 7) is 4.96. The molecule has 3 heterocycles. The van der Waals surface area contributed by atoms with Crippen LogP contribution in [0, 0.1) is 13.8 Å². The lowest BCUT2D eigenvalue weighted by atomic mass is 10.00. The smallest absolute Gasteiger partial charge is 0.263 e. The molecular formula is C19H20N4O2. The maximum absolute atomic E-state index is 12.8. The van der Waals surface area contributed by atoms with E-state index in [1.165, 1.54) is 15.7 Å². The van der Waals surface area contributed by atoms with E-state index in [4.69, 9.17) is 0 Å². The Kier molecular flexibility index (Phi) is 3.67. The summed E-state index contributed by atoms with van der Waals surface area (Å²) in [7, 11) is 0. The van der Waals surface area contributed by atoms with Gasteiger partial charge in [-0.05, 0) is 37.5 Å². The molecule has 0 atom stereocenters. The molecule has 1 aromatic carbocycles. The predicted octanol–water partition coefficient (Wildman–Crippen LogP) is 1.93. The molecule has 1 aliphatic heterocycles. The Morgan fingerprint density at radius 1 is 1.24 bits per heavy atom. The number of hydrogen-bond donors (Lipinski definition) is 1. The number of nitrogens with zero attached hydrogens (tertiary/aromatic N) is 3. The minimum Gasteiger partial charge on any atom is -0.343 e. The SMILES string of the molecule is Cc1cc2c(=O)n(CC(=O)N3CCc4ccccc4C3)c(C)nc2[nH]1. The summed E-state index contributed by atoms with van der Waals surface area (Å²) in [6, 6.07) is 9.97. The normalized spacial score (nSPS) is 13.9. The van der Waals surface area contributed by atoms with Gasteiger partial charge in [-0.3, -0.25) is 14.2 Å². The van der Waals surface area contributed by atoms with Crippen LogP contribution in [0.4, 0.5) is 0 Å². The van der Waals surface area contributed by atoms with E-state index in [9.17, 15) is 9.59 Å². The van der Waals surface area contributed by atoms with Gasteiger partial charge in [-0.25, -0.2) is 4.98 Å². The summed E-state index contributed by atoms with van der Waals surface area (Å²) in [4.78, 5) is 34.8. The molecule has 0 unspecified atom stereocenters. The van der Waals surface area contributed by atoms with Gasteiger partial charge in [-0.2, -0.15) is 0 Å². The Morgan fingerprint density at radius 2 is 2.00 bits per heavy atom. The minimum absolute atomic E-state index is 0.0278. The van der Waals surface area contributed by atoms with Gasteiger partial charge in [0, 0.05) is 18.8 Å². The second kappa shape index (κ2) is 5.88. The minimum atomic E-state index is -0.169. The highest BCUT2D eigenvalue weighted by Crippen LogP contribution is 2.19. The van der Waals surface area contributed by atoms with Crippen LogP contribution in [0.15, 0.2) is 35.1 Å². The highest BCUT2D eigenvalue weighted by molar-refractivity contribution is 5.78. The maximum Gasteiger partial charge on any atom is 0.263 e. The quantitative estimate of drug-likeness (QED) is 0.777. The van der Waals surface area contributed by atoms with Gasteiger partial charge in [0.05, 0.1) is 5.39 Å². The van der Waals surface area contributed by atoms with E-state index in [0.29, 0.717) is 29.9 Å². The van der Waals surface area contributed by atoms with E-state index in [1.807, 2.05) is 24.0 Å². The second-order valence-corrected chi connectivity index (χ2v) is 6.60. The average molecular weight is 336 g/mol. The van der Waals surface area contributed by atoms with Gasteiger partial charge >= 0.3 is 0 Å². The first-order chi connectivity index (χ1) is 12.0. The number of aryl methyl sites for hydroxylation is 2. The number of carbonyl (C=O) groups excluding carboxylic acids is 1. The molecule has 1 N–H and O–H groups in total. The average Bonchev–Trinajstić information content (AvgIpc) is 2.98. The third-order valence-corrected chi connectivity index (χ3v) is 4.85. The molecule has 4 rings (SSSR count). The zero-order chi connectivity index (χ0) is 17.6. The maximum atomic E-state index is 12.8. The fraction of sp³-hybridized carbons (Fsp3) is 0.316. The molecule has 2 aromatic heterocycles. The molecule has 1 aliphatic rings. The van der Waals surface area contributed by atoms with Crippen LogP contribution in [0.1, 0.15) is 22.6 Å². The fourth-order valence-corrected chi connectivity index (χ4v) is 3.47. The molecule has 0 spiro atoms. The van der Waals surface area contributed by atoms with Gasteiger partial charge in [-0.15, -0.1) is 0 Å². The van der Waals surface area contributed by atoms with Crippen molar-refractivity contribution >= 4 is 16.9 Å². The Labute approximate surface area is 145 Å². The van der Waals surface area contributed by atoms with Crippen LogP contribution in [0.25, 0.3) is 11.0 Å². The predicted molar refractivity (Wildman–Crippen MR) is 95.4 cm³/mol. The van der Waals surface area contributed by atoms with E-state index in [-0.39, 0.29) is 18.0 Å². The molecule has 0 saturated heterocycles. The van der Waals surface area contributed by atoms with E-state index in [0.717, 1.165) is 12.1 Å². The van der Waals surface area contributed by atoms with Crippen LogP contribution in [0.3, 0.4) is 0 Å². The Bertz CT molecular complexity index is 1030. The van der Waals surface area contributed by atoms with Gasteiger partial charge in [0.25, 0.3) is 5.56 Å². The highest BCUT2D eigenvalue weighted by Gasteiger charge is 2.22. The van der Waals surface area contributed by atoms with Crippen LogP contribution in [-0.4, -0.2) is 31.9 Å². The highest BCUT2D eigenvalue weighted by atomic mass is 16.2. The van der Waals surface area contributed by atoms with E-state index in [1.54, 1.807) is 13.0 Å². The number of nitrogens with one attached hydrogen (secondary N) is 1. The largest absolute Gasteiger partial charge is 0.343 e. The molecule has 0 bridgehead atoms. The van der Waals surface area contributed by atoms with Gasteiger partial charge < -0.3 is 9.88 Å². The Balaban J connectivity index is 1.61. The molecule has 128 valence electrons. The Hall–Kier alpha value is -2.89. The molecule has 3 aromatic rings. The molecule has 6 heteroatoms. The van der Waals surface area contributed by atoms with Gasteiger partial charge in [-0.1, -0.05) is 24.3 Å². The first-order valence-corrected chi connectivity index (χ1v) is 8.44. The molecule has 25 heavy (non-hydrogen) atoms. The van der Waals surface area contributed by atoms with Gasteiger partial charge in [0.1, 0.15) is 18.0 Å². The van der Waals surface area contributed by atoms with Crippen molar-refractivity contribution in [2.45, 2.75) is 33.4 Å². The van der Waals surface area contributed by atoms with Crippen LogP contribution in [0.2, 0.25) is 0 Å². The van der Waals surface area contributed by atoms with E-state index < -0.39 is 0 Å². The lowest BCUT2D eigenvalue weighted by Crippen LogP contribution is -2.40. The summed E-state index contributed by atoms with van der Waals surface area (Å²) in [5.41, 5.74) is 3.77.